The van der Waals surface area contributed by atoms with Crippen molar-refractivity contribution in [2.75, 3.05) is 406 Å². The zero-order valence-electron chi connectivity index (χ0n) is 85.2. The Hall–Kier alpha value is -4.06. The number of rotatable bonds is 29. The topological polar surface area (TPSA) is 246 Å². The molecule has 13 aliphatic heterocycles. The second-order valence-corrected chi connectivity index (χ2v) is 41.5. The van der Waals surface area contributed by atoms with Crippen LogP contribution in [0.15, 0.2) is 0 Å². The number of piperidine rings is 6. The molecule has 0 aliphatic carbocycles. The summed E-state index contributed by atoms with van der Waals surface area (Å²) in [5.41, 5.74) is 1.01. The molecule has 13 aliphatic rings. The Labute approximate surface area is 787 Å². The number of hydrogen-bond donors (Lipinski definition) is 1. The Bertz CT molecular complexity index is 3160. The molecule has 3 unspecified atom stereocenters. The van der Waals surface area contributed by atoms with Gasteiger partial charge in [0.2, 0.25) is 0 Å². The number of piperazine rings is 6. The molecule has 34 nitrogen and oxygen atoms in total. The summed E-state index contributed by atoms with van der Waals surface area (Å²) >= 11 is 0. The van der Waals surface area contributed by atoms with Crippen LogP contribution in [0.5, 0.6) is 0 Å². The fraction of sp³-hybridized carbons (Fsp3) is 0.938. The number of nitrogens with zero attached hydrogens (tertiary/aromatic N) is 21. The minimum absolute atomic E-state index is 0.0384. The summed E-state index contributed by atoms with van der Waals surface area (Å²) < 4.78 is 32.0. The van der Waals surface area contributed by atoms with Crippen LogP contribution < -0.4 is 0 Å². The van der Waals surface area contributed by atoms with Crippen molar-refractivity contribution < 1.29 is 62.3 Å². The minimum Gasteiger partial charge on any atom is -0.480 e. The van der Waals surface area contributed by atoms with Gasteiger partial charge in [0, 0.05) is 205 Å². The molecule has 0 aromatic carbocycles. The van der Waals surface area contributed by atoms with E-state index in [9.17, 15) is 33.9 Å². The molecule has 3 atom stereocenters. The molecule has 13 rings (SSSR count). The highest BCUT2D eigenvalue weighted by Gasteiger charge is 2.43. The largest absolute Gasteiger partial charge is 0.480 e. The number of aliphatic carboxylic acids is 1. The minimum atomic E-state index is -0.690. The van der Waals surface area contributed by atoms with Crippen LogP contribution in [0.2, 0.25) is 0 Å². The molecule has 13 saturated heterocycles. The fourth-order valence-electron chi connectivity index (χ4n) is 20.5. The van der Waals surface area contributed by atoms with E-state index in [4.69, 9.17) is 28.4 Å². The number of carboxylic acids is 1. The van der Waals surface area contributed by atoms with Crippen molar-refractivity contribution in [1.29, 1.82) is 0 Å². The molecule has 0 amide bonds. The van der Waals surface area contributed by atoms with Gasteiger partial charge in [0.25, 0.3) is 0 Å². The quantitative estimate of drug-likeness (QED) is 0.0638. The normalized spacial score (nSPS) is 26.4. The van der Waals surface area contributed by atoms with Crippen molar-refractivity contribution in [3.8, 4) is 0 Å². The SMILES string of the molecule is CCCCOC(=O)C1CN(C2CCN(C)CC2)CCN1C.CCOC(=O)C1CN(C2CCN(C)CC2)CCN1C.CN(C)CCCOC(=O)CN1CCN(C2(C)CCN(C)CC2)CC1.CN(C)CCOC(=O)CN1CCN(C2(C)CCN(C)CC2)CC1.CN1CCC(C)(N2CCN(CC(=O)OCCN3CCOCC3)CC2)CC1.CN1CCC(N2CCN(C)C(C(=O)O)C2)CC1. The lowest BCUT2D eigenvalue weighted by molar-refractivity contribution is -0.153. The second-order valence-electron chi connectivity index (χ2n) is 41.5. The first-order valence-corrected chi connectivity index (χ1v) is 50.6. The van der Waals surface area contributed by atoms with E-state index in [0.29, 0.717) is 94.0 Å². The van der Waals surface area contributed by atoms with Gasteiger partial charge in [0.05, 0.1) is 52.7 Å². The van der Waals surface area contributed by atoms with Crippen LogP contribution in [0.25, 0.3) is 0 Å². The monoisotopic (exact) mass is 1840 g/mol. The smallest absolute Gasteiger partial charge is 0.324 e. The molecule has 0 aromatic heterocycles. The molecule has 754 valence electrons. The van der Waals surface area contributed by atoms with Gasteiger partial charge in [0.1, 0.15) is 31.3 Å². The molecule has 130 heavy (non-hydrogen) atoms. The van der Waals surface area contributed by atoms with Crippen LogP contribution >= 0.6 is 0 Å². The predicted molar refractivity (Wildman–Crippen MR) is 517 cm³/mol. The van der Waals surface area contributed by atoms with E-state index in [1.54, 1.807) is 0 Å². The summed E-state index contributed by atoms with van der Waals surface area (Å²) in [6.45, 7) is 55.6. The van der Waals surface area contributed by atoms with E-state index in [0.717, 1.165) is 209 Å². The Morgan fingerprint density at radius 1 is 0.338 bits per heavy atom. The van der Waals surface area contributed by atoms with Crippen molar-refractivity contribution in [3.05, 3.63) is 0 Å². The van der Waals surface area contributed by atoms with E-state index in [1.807, 2.05) is 66.1 Å². The average molecular weight is 1840 g/mol. The van der Waals surface area contributed by atoms with Crippen LogP contribution in [-0.4, -0.2) is 603 Å². The van der Waals surface area contributed by atoms with E-state index >= 15 is 0 Å². The number of esters is 5. The van der Waals surface area contributed by atoms with Gasteiger partial charge in [0.15, 0.2) is 0 Å². The van der Waals surface area contributed by atoms with Crippen molar-refractivity contribution in [3.63, 3.8) is 0 Å². The summed E-state index contributed by atoms with van der Waals surface area (Å²) in [6.07, 6.45) is 17.6. The molecule has 13 heterocycles. The van der Waals surface area contributed by atoms with Gasteiger partial charge < -0.3 is 72.7 Å². The molecule has 34 heteroatoms. The number of ether oxygens (including phenoxy) is 6. The van der Waals surface area contributed by atoms with Gasteiger partial charge in [-0.3, -0.25) is 92.5 Å². The van der Waals surface area contributed by atoms with Gasteiger partial charge >= 0.3 is 35.8 Å². The highest BCUT2D eigenvalue weighted by molar-refractivity contribution is 5.77. The first kappa shape index (κ1) is 111. The van der Waals surface area contributed by atoms with E-state index in [2.05, 4.69) is 163 Å². The third-order valence-corrected chi connectivity index (χ3v) is 30.8. The third-order valence-electron chi connectivity index (χ3n) is 30.8. The maximum absolute atomic E-state index is 12.3. The van der Waals surface area contributed by atoms with E-state index in [1.165, 1.54) is 142 Å². The Kier molecular flexibility index (Phi) is 49.6. The highest BCUT2D eigenvalue weighted by atomic mass is 16.6. The number of carboxylic acid groups (broad SMARTS) is 1. The second kappa shape index (κ2) is 58.0. The van der Waals surface area contributed by atoms with Gasteiger partial charge in [-0.1, -0.05) is 13.3 Å². The number of likely N-dealkylation sites (N-methyl/N-ethyl adjacent to an activating group) is 4. The molecular weight excluding hydrogens is 1660 g/mol. The highest BCUT2D eigenvalue weighted by Crippen LogP contribution is 2.33. The third kappa shape index (κ3) is 38.7. The summed E-state index contributed by atoms with van der Waals surface area (Å²) in [7, 11) is 27.2. The molecule has 0 bridgehead atoms. The predicted octanol–water partition coefficient (Wildman–Crippen LogP) is 1.82. The molecule has 1 N–H and O–H groups in total. The molecule has 0 saturated carbocycles. The standard InChI is InChI=1S/C19H36N4O3.C18H36N4O2.C17H34N4O2.C16H31N3O2.C14H27N3O2.C12H23N3O2/c1-19(3-5-20(2)6-4-19)23-9-7-22(8-10-23)17-18(24)26-16-13-21-11-14-25-15-12-21;1-18(6-9-20(4)10-7-18)22-13-11-21(12-14-22)16-17(23)24-15-5-8-19(2)3;1-17(5-7-19(4)8-6-17)21-11-9-20(10-12-21)15-16(22)23-14-13-18(2)3;1-4-5-12-21-16(20)15-13-19(11-10-18(15)3)14-6-8-17(2)9-7-14;1-4-19-14(18)13-11-17(10-9-16(13)3)12-5-7-15(2)8-6-12;1-13-5-3-10(4-6-13)15-8-7-14(2)11(9-15)12(16)17/h3-17H2,1-2H3;5-16H2,1-4H3;5-15H2,1-4H3;14-15H,4-13H2,1-3H3;12-13H,4-11H2,1-3H3;10-11H,3-9H2,1-2H3,(H,16,17). The fourth-order valence-corrected chi connectivity index (χ4v) is 20.5. The first-order chi connectivity index (χ1) is 62.1. The van der Waals surface area contributed by atoms with Crippen LogP contribution in [0, 0.1) is 0 Å². The summed E-state index contributed by atoms with van der Waals surface area (Å²) in [5.74, 6) is -1.05. The van der Waals surface area contributed by atoms with Crippen molar-refractivity contribution in [2.45, 2.75) is 184 Å². The van der Waals surface area contributed by atoms with Gasteiger partial charge in [-0.15, -0.1) is 0 Å². The molecule has 13 fully saturated rings. The lowest BCUT2D eigenvalue weighted by Crippen LogP contribution is -2.59. The number of carbonyl (C=O) groups excluding carboxylic acids is 5. The van der Waals surface area contributed by atoms with Crippen LogP contribution in [0.4, 0.5) is 0 Å². The van der Waals surface area contributed by atoms with Gasteiger partial charge in [-0.25, -0.2) is 0 Å². The zero-order valence-corrected chi connectivity index (χ0v) is 85.2. The lowest BCUT2D eigenvalue weighted by atomic mass is 9.87. The Morgan fingerprint density at radius 2 is 0.646 bits per heavy atom. The van der Waals surface area contributed by atoms with Crippen LogP contribution in [0.3, 0.4) is 0 Å². The molecule has 0 aromatic rings. The van der Waals surface area contributed by atoms with Crippen molar-refractivity contribution in [2.24, 2.45) is 0 Å². The van der Waals surface area contributed by atoms with Crippen molar-refractivity contribution >= 4 is 35.8 Å². The molecule has 0 spiro atoms. The number of morpholine rings is 1. The van der Waals surface area contributed by atoms with Crippen molar-refractivity contribution in [1.82, 2.24) is 103 Å². The molecular formula is C96H187N21O13. The van der Waals surface area contributed by atoms with Gasteiger partial charge in [-0.2, -0.15) is 0 Å². The summed E-state index contributed by atoms with van der Waals surface area (Å²) in [6, 6.07) is 1.36. The number of hydrogen-bond acceptors (Lipinski definition) is 33. The Balaban J connectivity index is 0.000000193. The number of likely N-dealkylation sites (tertiary alicyclic amines) is 6. The van der Waals surface area contributed by atoms with E-state index in [-0.39, 0.29) is 48.0 Å². The number of unbranched alkanes of at least 4 members (excludes halogenated alkanes) is 1. The first-order valence-electron chi connectivity index (χ1n) is 50.6. The summed E-state index contributed by atoms with van der Waals surface area (Å²) in [4.78, 5) is 120. The zero-order chi connectivity index (χ0) is 94.3. The lowest BCUT2D eigenvalue weighted by Gasteiger charge is -2.49. The molecule has 0 radical (unpaired) electrons. The van der Waals surface area contributed by atoms with Gasteiger partial charge in [-0.05, 0) is 288 Å². The van der Waals surface area contributed by atoms with Crippen LogP contribution in [-0.2, 0) is 57.2 Å². The maximum Gasteiger partial charge on any atom is 0.324 e. The Morgan fingerprint density at radius 3 is 0.977 bits per heavy atom. The maximum atomic E-state index is 12.3. The number of carbonyl (C=O) groups is 6. The average Bonchev–Trinajstić information content (AvgIpc) is 0.826. The summed E-state index contributed by atoms with van der Waals surface area (Å²) in [5, 5.41) is 9.19. The van der Waals surface area contributed by atoms with Crippen LogP contribution in [0.1, 0.15) is 131 Å². The van der Waals surface area contributed by atoms with E-state index < -0.39 is 5.97 Å².